The molecule has 7 nitrogen and oxygen atoms in total. The summed E-state index contributed by atoms with van der Waals surface area (Å²) in [6.45, 7) is 1.48. The van der Waals surface area contributed by atoms with Crippen LogP contribution in [0, 0.1) is 5.92 Å². The van der Waals surface area contributed by atoms with Crippen molar-refractivity contribution < 1.29 is 23.5 Å². The second kappa shape index (κ2) is 8.68. The minimum atomic E-state index is -1.14. The molecule has 0 radical (unpaired) electrons. The van der Waals surface area contributed by atoms with Gasteiger partial charge in [-0.05, 0) is 24.6 Å². The number of methoxy groups -OCH3 is 1. The Morgan fingerprint density at radius 2 is 1.84 bits per heavy atom. The Labute approximate surface area is 145 Å². The summed E-state index contributed by atoms with van der Waals surface area (Å²) in [5.41, 5.74) is 0.626. The van der Waals surface area contributed by atoms with Crippen molar-refractivity contribution in [3.63, 3.8) is 0 Å². The van der Waals surface area contributed by atoms with E-state index in [0.29, 0.717) is 11.3 Å². The lowest BCUT2D eigenvalue weighted by molar-refractivity contribution is -0.150. The van der Waals surface area contributed by atoms with Gasteiger partial charge < -0.3 is 19.8 Å². The minimum Gasteiger partial charge on any atom is -0.468 e. The highest BCUT2D eigenvalue weighted by atomic mass is 16.5. The molecule has 0 aliphatic carbocycles. The van der Waals surface area contributed by atoms with E-state index in [-0.39, 0.29) is 6.54 Å². The third kappa shape index (κ3) is 4.94. The number of amides is 2. The van der Waals surface area contributed by atoms with Gasteiger partial charge in [0, 0.05) is 0 Å². The lowest BCUT2D eigenvalue weighted by atomic mass is 9.90. The number of rotatable bonds is 7. The van der Waals surface area contributed by atoms with Crippen LogP contribution in [-0.4, -0.2) is 24.9 Å². The van der Waals surface area contributed by atoms with Gasteiger partial charge in [0.2, 0.25) is 0 Å². The van der Waals surface area contributed by atoms with Gasteiger partial charge in [0.05, 0.1) is 26.0 Å². The van der Waals surface area contributed by atoms with E-state index in [9.17, 15) is 14.4 Å². The summed E-state index contributed by atoms with van der Waals surface area (Å²) in [5, 5.41) is 5.31. The van der Waals surface area contributed by atoms with E-state index in [4.69, 9.17) is 9.15 Å². The van der Waals surface area contributed by atoms with E-state index < -0.39 is 29.7 Å². The van der Waals surface area contributed by atoms with Crippen molar-refractivity contribution in [3.05, 3.63) is 60.1 Å². The zero-order valence-corrected chi connectivity index (χ0v) is 14.0. The molecule has 0 aliphatic rings. The van der Waals surface area contributed by atoms with Crippen molar-refractivity contribution in [2.45, 2.75) is 19.5 Å². The molecule has 2 amide bonds. The zero-order chi connectivity index (χ0) is 18.2. The Hall–Kier alpha value is -3.09. The van der Waals surface area contributed by atoms with Gasteiger partial charge in [-0.15, -0.1) is 0 Å². The van der Waals surface area contributed by atoms with E-state index in [0.717, 1.165) is 0 Å². The highest BCUT2D eigenvalue weighted by Crippen LogP contribution is 2.24. The van der Waals surface area contributed by atoms with Crippen LogP contribution in [0.4, 0.5) is 4.79 Å². The molecule has 2 atom stereocenters. The highest BCUT2D eigenvalue weighted by Gasteiger charge is 2.35. The first-order valence-electron chi connectivity index (χ1n) is 7.73. The van der Waals surface area contributed by atoms with Crippen molar-refractivity contribution in [3.8, 4) is 0 Å². The molecule has 0 saturated carbocycles. The molecule has 1 heterocycles. The van der Waals surface area contributed by atoms with E-state index in [1.54, 1.807) is 42.5 Å². The Bertz CT molecular complexity index is 712. The van der Waals surface area contributed by atoms with Crippen molar-refractivity contribution in [1.29, 1.82) is 0 Å². The summed E-state index contributed by atoms with van der Waals surface area (Å²) < 4.78 is 9.87. The molecular weight excluding hydrogens is 324 g/mol. The number of hydrogen-bond acceptors (Lipinski definition) is 5. The predicted octanol–water partition coefficient (Wildman–Crippen LogP) is 2.20. The van der Waals surface area contributed by atoms with Crippen LogP contribution in [0.5, 0.6) is 0 Å². The number of esters is 1. The van der Waals surface area contributed by atoms with Gasteiger partial charge in [0.25, 0.3) is 0 Å². The average molecular weight is 344 g/mol. The van der Waals surface area contributed by atoms with Crippen LogP contribution >= 0.6 is 0 Å². The van der Waals surface area contributed by atoms with Crippen molar-refractivity contribution in [2.24, 2.45) is 5.92 Å². The van der Waals surface area contributed by atoms with Crippen molar-refractivity contribution in [2.75, 3.05) is 7.11 Å². The number of benzene rings is 1. The van der Waals surface area contributed by atoms with Gasteiger partial charge in [-0.3, -0.25) is 9.59 Å². The summed E-state index contributed by atoms with van der Waals surface area (Å²) in [5.74, 6) is -1.65. The fourth-order valence-electron chi connectivity index (χ4n) is 2.46. The maximum atomic E-state index is 12.2. The standard InChI is InChI=1S/C18H20N2O5/c1-12(21)15(17(22)24-2)16(13-7-4-3-5-8-13)20-18(23)19-11-14-9-6-10-25-14/h3-10,15-16H,11H2,1-2H3,(H2,19,20,23)/t15?,16-/m1/s1. The average Bonchev–Trinajstić information content (AvgIpc) is 3.13. The van der Waals surface area contributed by atoms with Gasteiger partial charge >= 0.3 is 12.0 Å². The van der Waals surface area contributed by atoms with Crippen molar-refractivity contribution in [1.82, 2.24) is 10.6 Å². The fraction of sp³-hybridized carbons (Fsp3) is 0.278. The second-order valence-electron chi connectivity index (χ2n) is 5.41. The molecule has 132 valence electrons. The molecule has 1 unspecified atom stereocenters. The molecule has 0 aliphatic heterocycles. The van der Waals surface area contributed by atoms with Crippen LogP contribution < -0.4 is 10.6 Å². The van der Waals surface area contributed by atoms with Crippen LogP contribution in [0.15, 0.2) is 53.1 Å². The molecule has 25 heavy (non-hydrogen) atoms. The van der Waals surface area contributed by atoms with Gasteiger partial charge in [-0.25, -0.2) is 4.79 Å². The molecule has 2 aromatic rings. The minimum absolute atomic E-state index is 0.184. The molecule has 7 heteroatoms. The number of ketones is 1. The monoisotopic (exact) mass is 344 g/mol. The summed E-state index contributed by atoms with van der Waals surface area (Å²) in [4.78, 5) is 36.3. The fourth-order valence-corrected chi connectivity index (χ4v) is 2.46. The molecule has 1 aromatic carbocycles. The van der Waals surface area contributed by atoms with Crippen LogP contribution in [0.3, 0.4) is 0 Å². The number of carbonyl (C=O) groups excluding carboxylic acids is 3. The summed E-state index contributed by atoms with van der Waals surface area (Å²) >= 11 is 0. The predicted molar refractivity (Wildman–Crippen MR) is 89.4 cm³/mol. The topological polar surface area (TPSA) is 97.6 Å². The highest BCUT2D eigenvalue weighted by molar-refractivity contribution is 5.99. The van der Waals surface area contributed by atoms with Gasteiger partial charge in [-0.2, -0.15) is 0 Å². The molecule has 0 saturated heterocycles. The summed E-state index contributed by atoms with van der Waals surface area (Å²) in [7, 11) is 1.21. The quantitative estimate of drug-likeness (QED) is 0.593. The number of carbonyl (C=O) groups is 3. The Morgan fingerprint density at radius 1 is 1.12 bits per heavy atom. The number of Topliss-reactive ketones (excluding diaryl/α,β-unsaturated/α-hetero) is 1. The van der Waals surface area contributed by atoms with Crippen LogP contribution in [0.2, 0.25) is 0 Å². The number of furan rings is 1. The lowest BCUT2D eigenvalue weighted by Gasteiger charge is -2.25. The first-order chi connectivity index (χ1) is 12.0. The maximum Gasteiger partial charge on any atom is 0.318 e. The van der Waals surface area contributed by atoms with E-state index in [1.165, 1.54) is 20.3 Å². The zero-order valence-electron chi connectivity index (χ0n) is 14.0. The maximum absolute atomic E-state index is 12.2. The molecule has 0 fully saturated rings. The first-order valence-corrected chi connectivity index (χ1v) is 7.73. The molecule has 2 N–H and O–H groups in total. The van der Waals surface area contributed by atoms with E-state index in [1.807, 2.05) is 0 Å². The van der Waals surface area contributed by atoms with Crippen LogP contribution in [-0.2, 0) is 20.9 Å². The molecule has 0 spiro atoms. The number of urea groups is 1. The number of hydrogen-bond donors (Lipinski definition) is 2. The molecule has 2 rings (SSSR count). The SMILES string of the molecule is COC(=O)C(C(C)=O)[C@H](NC(=O)NCc1ccco1)c1ccccc1. The van der Waals surface area contributed by atoms with Gasteiger partial charge in [-0.1, -0.05) is 30.3 Å². The van der Waals surface area contributed by atoms with Gasteiger partial charge in [0.15, 0.2) is 0 Å². The number of nitrogens with one attached hydrogen (secondary N) is 2. The molecular formula is C18H20N2O5. The lowest BCUT2D eigenvalue weighted by Crippen LogP contribution is -2.44. The summed E-state index contributed by atoms with van der Waals surface area (Å²) in [6.07, 6.45) is 1.50. The second-order valence-corrected chi connectivity index (χ2v) is 5.41. The van der Waals surface area contributed by atoms with E-state index >= 15 is 0 Å². The first kappa shape index (κ1) is 18.3. The largest absolute Gasteiger partial charge is 0.468 e. The Kier molecular flexibility index (Phi) is 6.33. The third-order valence-corrected chi connectivity index (χ3v) is 3.67. The normalized spacial score (nSPS) is 12.7. The Balaban J connectivity index is 2.17. The van der Waals surface area contributed by atoms with Crippen molar-refractivity contribution >= 4 is 17.8 Å². The Morgan fingerprint density at radius 3 is 2.40 bits per heavy atom. The van der Waals surface area contributed by atoms with Crippen LogP contribution in [0.25, 0.3) is 0 Å². The van der Waals surface area contributed by atoms with Crippen LogP contribution in [0.1, 0.15) is 24.3 Å². The molecule has 0 bridgehead atoms. The molecule has 1 aromatic heterocycles. The number of ether oxygens (including phenoxy) is 1. The third-order valence-electron chi connectivity index (χ3n) is 3.67. The smallest absolute Gasteiger partial charge is 0.318 e. The summed E-state index contributed by atoms with van der Waals surface area (Å²) in [6, 6.07) is 10.9. The van der Waals surface area contributed by atoms with E-state index in [2.05, 4.69) is 10.6 Å². The van der Waals surface area contributed by atoms with Gasteiger partial charge in [0.1, 0.15) is 17.5 Å².